The van der Waals surface area contributed by atoms with Gasteiger partial charge in [0.05, 0.1) is 10.1 Å². The van der Waals surface area contributed by atoms with Gasteiger partial charge in [-0.05, 0) is 18.6 Å². The van der Waals surface area contributed by atoms with Crippen LogP contribution in [-0.2, 0) is 4.79 Å². The second-order valence-corrected chi connectivity index (χ2v) is 4.61. The first-order valence-corrected chi connectivity index (χ1v) is 5.86. The van der Waals surface area contributed by atoms with Crippen molar-refractivity contribution in [2.24, 2.45) is 0 Å². The number of rotatable bonds is 4. The van der Waals surface area contributed by atoms with E-state index in [0.29, 0.717) is 5.39 Å². The van der Waals surface area contributed by atoms with Gasteiger partial charge in [0, 0.05) is 0 Å². The van der Waals surface area contributed by atoms with E-state index in [9.17, 15) is 9.59 Å². The minimum Gasteiger partial charge on any atom is -0.480 e. The fourth-order valence-corrected chi connectivity index (χ4v) is 2.74. The summed E-state index contributed by atoms with van der Waals surface area (Å²) in [4.78, 5) is 23.1. The van der Waals surface area contributed by atoms with E-state index in [-0.39, 0.29) is 12.0 Å². The molecule has 0 spiro atoms. The minimum atomic E-state index is -1.02. The number of aromatic nitrogens is 1. The molecule has 0 aliphatic rings. The third kappa shape index (κ3) is 2.01. The molecule has 88 valence electrons. The Balaban J connectivity index is 2.61. The lowest BCUT2D eigenvalue weighted by Crippen LogP contribution is -2.25. The smallest absolute Gasteiger partial charge is 0.328 e. The van der Waals surface area contributed by atoms with Crippen LogP contribution in [0.3, 0.4) is 0 Å². The van der Waals surface area contributed by atoms with E-state index >= 15 is 0 Å². The molecular formula is C12H11NO3S. The Kier molecular flexibility index (Phi) is 3.10. The van der Waals surface area contributed by atoms with Crippen molar-refractivity contribution in [1.29, 1.82) is 0 Å². The molecule has 0 amide bonds. The molecule has 0 aliphatic carbocycles. The van der Waals surface area contributed by atoms with Crippen molar-refractivity contribution in [2.45, 2.75) is 12.5 Å². The van der Waals surface area contributed by atoms with Gasteiger partial charge >= 0.3 is 5.97 Å². The highest BCUT2D eigenvalue weighted by molar-refractivity contribution is 7.13. The van der Waals surface area contributed by atoms with Crippen LogP contribution in [0.4, 0.5) is 0 Å². The molecule has 1 unspecified atom stereocenters. The number of hydrogen-bond donors (Lipinski definition) is 1. The maximum atomic E-state index is 12.0. The first-order chi connectivity index (χ1) is 8.15. The molecule has 2 aromatic rings. The highest BCUT2D eigenvalue weighted by Crippen LogP contribution is 2.21. The van der Waals surface area contributed by atoms with Crippen molar-refractivity contribution in [2.75, 3.05) is 0 Å². The number of benzene rings is 1. The lowest BCUT2D eigenvalue weighted by atomic mass is 10.2. The van der Waals surface area contributed by atoms with Gasteiger partial charge in [-0.25, -0.2) is 8.75 Å². The van der Waals surface area contributed by atoms with Crippen LogP contribution in [0.1, 0.15) is 12.5 Å². The Bertz CT molecular complexity index is 626. The van der Waals surface area contributed by atoms with E-state index in [1.54, 1.807) is 12.1 Å². The molecule has 0 bridgehead atoms. The van der Waals surface area contributed by atoms with Crippen molar-refractivity contribution in [1.82, 2.24) is 3.96 Å². The van der Waals surface area contributed by atoms with Crippen molar-refractivity contribution in [3.05, 3.63) is 47.3 Å². The van der Waals surface area contributed by atoms with Crippen LogP contribution in [0.15, 0.2) is 41.7 Å². The fourth-order valence-electron chi connectivity index (χ4n) is 1.65. The van der Waals surface area contributed by atoms with Gasteiger partial charge in [-0.2, -0.15) is 0 Å². The van der Waals surface area contributed by atoms with Crippen LogP contribution in [0, 0.1) is 0 Å². The van der Waals surface area contributed by atoms with Gasteiger partial charge in [0.25, 0.3) is 5.56 Å². The maximum absolute atomic E-state index is 12.0. The summed E-state index contributed by atoms with van der Waals surface area (Å²) >= 11 is 1.18. The van der Waals surface area contributed by atoms with E-state index in [2.05, 4.69) is 6.58 Å². The van der Waals surface area contributed by atoms with Crippen molar-refractivity contribution in [3.63, 3.8) is 0 Å². The maximum Gasteiger partial charge on any atom is 0.328 e. The SMILES string of the molecule is C=CCC(C(=O)O)n1sc2ccccc2c1=O. The molecule has 0 saturated carbocycles. The predicted octanol–water partition coefficient (Wildman–Crippen LogP) is 2.26. The second-order valence-electron chi connectivity index (χ2n) is 3.60. The number of carbonyl (C=O) groups is 1. The summed E-state index contributed by atoms with van der Waals surface area (Å²) in [6.07, 6.45) is 1.75. The molecule has 2 rings (SSSR count). The third-order valence-corrected chi connectivity index (χ3v) is 3.64. The van der Waals surface area contributed by atoms with E-state index < -0.39 is 12.0 Å². The largest absolute Gasteiger partial charge is 0.480 e. The van der Waals surface area contributed by atoms with Gasteiger partial charge in [0.15, 0.2) is 0 Å². The second kappa shape index (κ2) is 4.55. The Hall–Kier alpha value is -1.88. The average molecular weight is 249 g/mol. The van der Waals surface area contributed by atoms with Gasteiger partial charge in [0.1, 0.15) is 6.04 Å². The lowest BCUT2D eigenvalue weighted by molar-refractivity contribution is -0.140. The molecule has 1 atom stereocenters. The van der Waals surface area contributed by atoms with Gasteiger partial charge in [0.2, 0.25) is 0 Å². The van der Waals surface area contributed by atoms with Crippen LogP contribution in [0.2, 0.25) is 0 Å². The van der Waals surface area contributed by atoms with Crippen molar-refractivity contribution < 1.29 is 9.90 Å². The van der Waals surface area contributed by atoms with Gasteiger partial charge in [-0.3, -0.25) is 4.79 Å². The number of allylic oxidation sites excluding steroid dienone is 1. The standard InChI is InChI=1S/C12H11NO3S/c1-2-5-9(12(15)16)13-11(14)8-6-3-4-7-10(8)17-13/h2-4,6-7,9H,1,5H2,(H,15,16). The highest BCUT2D eigenvalue weighted by atomic mass is 32.1. The quantitative estimate of drug-likeness (QED) is 0.845. The number of aliphatic carboxylic acids is 1. The third-order valence-electron chi connectivity index (χ3n) is 2.47. The summed E-state index contributed by atoms with van der Waals surface area (Å²) < 4.78 is 2.10. The van der Waals surface area contributed by atoms with Crippen LogP contribution in [0.5, 0.6) is 0 Å². The van der Waals surface area contributed by atoms with E-state index in [1.807, 2.05) is 12.1 Å². The molecule has 5 heteroatoms. The Morgan fingerprint density at radius 1 is 1.53 bits per heavy atom. The number of nitrogens with zero attached hydrogens (tertiary/aromatic N) is 1. The lowest BCUT2D eigenvalue weighted by Gasteiger charge is -2.08. The van der Waals surface area contributed by atoms with Gasteiger partial charge in [-0.15, -0.1) is 6.58 Å². The molecule has 0 radical (unpaired) electrons. The van der Waals surface area contributed by atoms with Crippen LogP contribution >= 0.6 is 11.5 Å². The van der Waals surface area contributed by atoms with E-state index in [0.717, 1.165) is 4.70 Å². The monoisotopic (exact) mass is 249 g/mol. The normalized spacial score (nSPS) is 12.5. The molecule has 1 aromatic heterocycles. The summed E-state index contributed by atoms with van der Waals surface area (Å²) in [6, 6.07) is 6.25. The molecule has 0 fully saturated rings. The van der Waals surface area contributed by atoms with Crippen LogP contribution in [0.25, 0.3) is 10.1 Å². The Labute approximate surface area is 102 Å². The first kappa shape index (κ1) is 11.6. The number of fused-ring (bicyclic) bond motifs is 1. The molecule has 1 aromatic carbocycles. The topological polar surface area (TPSA) is 59.3 Å². The summed E-state index contributed by atoms with van der Waals surface area (Å²) in [7, 11) is 0. The molecule has 17 heavy (non-hydrogen) atoms. The van der Waals surface area contributed by atoms with E-state index in [1.165, 1.54) is 21.6 Å². The molecule has 1 N–H and O–H groups in total. The molecule has 4 nitrogen and oxygen atoms in total. The number of carboxylic acids is 1. The predicted molar refractivity (Wildman–Crippen MR) is 67.6 cm³/mol. The average Bonchev–Trinajstić information content (AvgIpc) is 2.64. The van der Waals surface area contributed by atoms with Gasteiger partial charge < -0.3 is 5.11 Å². The molecule has 1 heterocycles. The zero-order valence-electron chi connectivity index (χ0n) is 9.00. The van der Waals surface area contributed by atoms with Crippen molar-refractivity contribution >= 4 is 27.6 Å². The van der Waals surface area contributed by atoms with Crippen LogP contribution < -0.4 is 5.56 Å². The molecule has 0 aliphatic heterocycles. The summed E-state index contributed by atoms with van der Waals surface area (Å²) in [5.74, 6) is -1.02. The number of carboxylic acid groups (broad SMARTS) is 1. The highest BCUT2D eigenvalue weighted by Gasteiger charge is 2.22. The zero-order valence-corrected chi connectivity index (χ0v) is 9.81. The van der Waals surface area contributed by atoms with Gasteiger partial charge in [-0.1, -0.05) is 29.7 Å². The van der Waals surface area contributed by atoms with Crippen LogP contribution in [-0.4, -0.2) is 15.0 Å². The summed E-state index contributed by atoms with van der Waals surface area (Å²) in [6.45, 7) is 3.52. The number of hydrogen-bond acceptors (Lipinski definition) is 3. The summed E-state index contributed by atoms with van der Waals surface area (Å²) in [5.41, 5.74) is -0.250. The first-order valence-electron chi connectivity index (χ1n) is 5.09. The fraction of sp³-hybridized carbons (Fsp3) is 0.167. The van der Waals surface area contributed by atoms with E-state index in [4.69, 9.17) is 5.11 Å². The Morgan fingerprint density at radius 2 is 2.24 bits per heavy atom. The van der Waals surface area contributed by atoms with Crippen molar-refractivity contribution in [3.8, 4) is 0 Å². The molecular weight excluding hydrogens is 238 g/mol. The minimum absolute atomic E-state index is 0.238. The zero-order chi connectivity index (χ0) is 12.4. The Morgan fingerprint density at radius 3 is 2.82 bits per heavy atom. The summed E-state index contributed by atoms with van der Waals surface area (Å²) in [5, 5.41) is 9.67. The molecule has 0 saturated heterocycles.